The second kappa shape index (κ2) is 9.39. The molecule has 7 nitrogen and oxygen atoms in total. The maximum Gasteiger partial charge on any atom is 0.230 e. The van der Waals surface area contributed by atoms with Gasteiger partial charge in [-0.1, -0.05) is 47.6 Å². The zero-order valence-corrected chi connectivity index (χ0v) is 18.9. The van der Waals surface area contributed by atoms with E-state index in [4.69, 9.17) is 18.7 Å². The molecule has 1 aliphatic rings. The van der Waals surface area contributed by atoms with E-state index in [9.17, 15) is 4.79 Å². The first-order valence-electron chi connectivity index (χ1n) is 11.0. The number of ether oxygens (including phenoxy) is 3. The Bertz CT molecular complexity index is 1300. The van der Waals surface area contributed by atoms with Gasteiger partial charge in [-0.3, -0.25) is 4.79 Å². The molecule has 4 aromatic rings. The summed E-state index contributed by atoms with van der Waals surface area (Å²) in [4.78, 5) is 17.4. The second-order valence-corrected chi connectivity index (χ2v) is 8.12. The molecule has 0 N–H and O–H groups in total. The van der Waals surface area contributed by atoms with Crippen LogP contribution in [0, 0.1) is 0 Å². The van der Waals surface area contributed by atoms with E-state index in [1.807, 2.05) is 30.3 Å². The highest BCUT2D eigenvalue weighted by Crippen LogP contribution is 2.54. The van der Waals surface area contributed by atoms with E-state index >= 15 is 0 Å². The fourth-order valence-corrected chi connectivity index (χ4v) is 4.02. The van der Waals surface area contributed by atoms with Crippen LogP contribution in [0.5, 0.6) is 17.2 Å². The standard InChI is InChI=1S/C27H24N2O5/c1-31-19-11-12-25(32-2)23(14-19)24(30)16-33-20-10-6-9-18(13-20)26-28-27(34-29-26)22-15-21(22)17-7-4-3-5-8-17/h3-14,21-22H,15-16H2,1-2H3/t21-,22?/m0/s1. The average Bonchev–Trinajstić information content (AvgIpc) is 3.55. The highest BCUT2D eigenvalue weighted by molar-refractivity contribution is 6.00. The average molecular weight is 456 g/mol. The molecule has 0 bridgehead atoms. The monoisotopic (exact) mass is 456 g/mol. The number of rotatable bonds is 9. The fraction of sp³-hybridized carbons (Fsp3) is 0.222. The van der Waals surface area contributed by atoms with Gasteiger partial charge >= 0.3 is 0 Å². The molecule has 34 heavy (non-hydrogen) atoms. The lowest BCUT2D eigenvalue weighted by Gasteiger charge is -2.11. The summed E-state index contributed by atoms with van der Waals surface area (Å²) in [5.74, 6) is 3.18. The molecule has 3 aromatic carbocycles. The number of carbonyl (C=O) groups is 1. The molecular weight excluding hydrogens is 432 g/mol. The van der Waals surface area contributed by atoms with Gasteiger partial charge in [0, 0.05) is 11.5 Å². The van der Waals surface area contributed by atoms with Crippen molar-refractivity contribution < 1.29 is 23.5 Å². The van der Waals surface area contributed by atoms with Crippen LogP contribution < -0.4 is 14.2 Å². The molecule has 5 rings (SSSR count). The van der Waals surface area contributed by atoms with Crippen LogP contribution in [0.2, 0.25) is 0 Å². The van der Waals surface area contributed by atoms with Crippen LogP contribution in [0.3, 0.4) is 0 Å². The lowest BCUT2D eigenvalue weighted by Crippen LogP contribution is -2.13. The normalized spacial score (nSPS) is 16.6. The summed E-state index contributed by atoms with van der Waals surface area (Å²) in [6.07, 6.45) is 1.00. The van der Waals surface area contributed by atoms with Crippen LogP contribution in [-0.2, 0) is 0 Å². The smallest absolute Gasteiger partial charge is 0.230 e. The molecule has 1 aromatic heterocycles. The van der Waals surface area contributed by atoms with Gasteiger partial charge in [-0.15, -0.1) is 0 Å². The SMILES string of the molecule is COc1ccc(OC)c(C(=O)COc2cccc(-c3noc(C4C[C@H]4c4ccccc4)n3)c2)c1. The summed E-state index contributed by atoms with van der Waals surface area (Å²) in [7, 11) is 3.07. The van der Waals surface area contributed by atoms with Crippen LogP contribution in [0.4, 0.5) is 0 Å². The van der Waals surface area contributed by atoms with Gasteiger partial charge in [-0.05, 0) is 48.2 Å². The number of methoxy groups -OCH3 is 2. The minimum Gasteiger partial charge on any atom is -0.497 e. The summed E-state index contributed by atoms with van der Waals surface area (Å²) in [5, 5.41) is 4.16. The van der Waals surface area contributed by atoms with E-state index in [0.717, 1.165) is 12.0 Å². The quantitative estimate of drug-likeness (QED) is 0.317. The van der Waals surface area contributed by atoms with Crippen molar-refractivity contribution in [2.24, 2.45) is 0 Å². The second-order valence-electron chi connectivity index (χ2n) is 8.12. The van der Waals surface area contributed by atoms with E-state index in [1.165, 1.54) is 12.7 Å². The molecule has 172 valence electrons. The summed E-state index contributed by atoms with van der Waals surface area (Å²) < 4.78 is 21.8. The summed E-state index contributed by atoms with van der Waals surface area (Å²) in [6.45, 7) is -0.148. The molecule has 1 unspecified atom stereocenters. The third-order valence-electron chi connectivity index (χ3n) is 5.95. The first kappa shape index (κ1) is 21.7. The molecule has 0 spiro atoms. The minimum atomic E-state index is -0.219. The predicted molar refractivity (Wildman–Crippen MR) is 126 cm³/mol. The van der Waals surface area contributed by atoms with E-state index in [2.05, 4.69) is 22.3 Å². The van der Waals surface area contributed by atoms with Gasteiger partial charge in [0.05, 0.1) is 19.8 Å². The molecule has 1 fully saturated rings. The topological polar surface area (TPSA) is 83.7 Å². The lowest BCUT2D eigenvalue weighted by atomic mass is 10.1. The molecule has 7 heteroatoms. The third-order valence-corrected chi connectivity index (χ3v) is 5.95. The predicted octanol–water partition coefficient (Wildman–Crippen LogP) is 5.29. The minimum absolute atomic E-state index is 0.148. The Balaban J connectivity index is 1.26. The van der Waals surface area contributed by atoms with Gasteiger partial charge in [0.2, 0.25) is 17.5 Å². The Labute approximate surface area is 197 Å². The van der Waals surface area contributed by atoms with Gasteiger partial charge in [0.1, 0.15) is 17.2 Å². The molecule has 0 amide bonds. The third kappa shape index (κ3) is 4.50. The zero-order chi connectivity index (χ0) is 23.5. The molecule has 2 atom stereocenters. The summed E-state index contributed by atoms with van der Waals surface area (Å²) >= 11 is 0. The molecule has 0 radical (unpaired) electrons. The first-order valence-corrected chi connectivity index (χ1v) is 11.0. The van der Waals surface area contributed by atoms with Gasteiger partial charge in [-0.25, -0.2) is 0 Å². The highest BCUT2D eigenvalue weighted by Gasteiger charge is 2.43. The number of aromatic nitrogens is 2. The van der Waals surface area contributed by atoms with E-state index in [-0.39, 0.29) is 18.3 Å². The molecule has 1 aliphatic carbocycles. The Kier molecular flexibility index (Phi) is 5.99. The molecule has 0 saturated heterocycles. The first-order chi connectivity index (χ1) is 16.7. The van der Waals surface area contributed by atoms with Crippen molar-refractivity contribution >= 4 is 5.78 Å². The van der Waals surface area contributed by atoms with Crippen molar-refractivity contribution in [3.63, 3.8) is 0 Å². The Morgan fingerprint density at radius 3 is 2.59 bits per heavy atom. The van der Waals surface area contributed by atoms with Crippen LogP contribution in [0.25, 0.3) is 11.4 Å². The van der Waals surface area contributed by atoms with Gasteiger partial charge < -0.3 is 18.7 Å². The number of hydrogen-bond acceptors (Lipinski definition) is 7. The maximum atomic E-state index is 12.8. The number of benzene rings is 3. The van der Waals surface area contributed by atoms with Gasteiger partial charge in [0.15, 0.2) is 6.61 Å². The molecule has 1 heterocycles. The number of nitrogens with zero attached hydrogens (tertiary/aromatic N) is 2. The van der Waals surface area contributed by atoms with Crippen LogP contribution in [-0.4, -0.2) is 36.8 Å². The Hall–Kier alpha value is -4.13. The van der Waals surface area contributed by atoms with Gasteiger partial charge in [-0.2, -0.15) is 4.98 Å². The van der Waals surface area contributed by atoms with Crippen molar-refractivity contribution in [1.82, 2.24) is 10.1 Å². The van der Waals surface area contributed by atoms with Crippen LogP contribution >= 0.6 is 0 Å². The fourth-order valence-electron chi connectivity index (χ4n) is 4.02. The van der Waals surface area contributed by atoms with E-state index < -0.39 is 0 Å². The zero-order valence-electron chi connectivity index (χ0n) is 18.9. The van der Waals surface area contributed by atoms with E-state index in [1.54, 1.807) is 37.4 Å². The van der Waals surface area contributed by atoms with Crippen molar-refractivity contribution in [3.05, 3.63) is 89.8 Å². The Morgan fingerprint density at radius 1 is 0.941 bits per heavy atom. The van der Waals surface area contributed by atoms with Crippen molar-refractivity contribution in [1.29, 1.82) is 0 Å². The molecule has 0 aliphatic heterocycles. The van der Waals surface area contributed by atoms with Crippen molar-refractivity contribution in [3.8, 4) is 28.6 Å². The number of Topliss-reactive ketones (excluding diaryl/α,β-unsaturated/α-hetero) is 1. The van der Waals surface area contributed by atoms with Gasteiger partial charge in [0.25, 0.3) is 0 Å². The summed E-state index contributed by atoms with van der Waals surface area (Å²) in [6, 6.07) is 22.7. The summed E-state index contributed by atoms with van der Waals surface area (Å²) in [5.41, 5.74) is 2.45. The van der Waals surface area contributed by atoms with Crippen LogP contribution in [0.15, 0.2) is 77.3 Å². The maximum absolute atomic E-state index is 12.8. The number of ketones is 1. The highest BCUT2D eigenvalue weighted by atomic mass is 16.5. The van der Waals surface area contributed by atoms with E-state index in [0.29, 0.717) is 40.4 Å². The lowest BCUT2D eigenvalue weighted by molar-refractivity contribution is 0.0918. The molecular formula is C27H24N2O5. The number of carbonyl (C=O) groups excluding carboxylic acids is 1. The van der Waals surface area contributed by atoms with Crippen molar-refractivity contribution in [2.75, 3.05) is 20.8 Å². The number of hydrogen-bond donors (Lipinski definition) is 0. The van der Waals surface area contributed by atoms with Crippen LogP contribution in [0.1, 0.15) is 40.1 Å². The Morgan fingerprint density at radius 2 is 1.79 bits per heavy atom. The van der Waals surface area contributed by atoms with Crippen molar-refractivity contribution in [2.45, 2.75) is 18.3 Å². The largest absolute Gasteiger partial charge is 0.497 e. The molecule has 1 saturated carbocycles.